The van der Waals surface area contributed by atoms with E-state index in [1.165, 1.54) is 16.4 Å². The molecule has 1 aromatic carbocycles. The number of amides is 1. The molecular formula is C23H32FN3O5S. The number of benzene rings is 1. The van der Waals surface area contributed by atoms with Crippen LogP contribution >= 0.6 is 0 Å². The fourth-order valence-corrected chi connectivity index (χ4v) is 4.66. The minimum Gasteiger partial charge on any atom is -0.464 e. The molecule has 0 radical (unpaired) electrons. The van der Waals surface area contributed by atoms with E-state index in [0.29, 0.717) is 25.5 Å². The lowest BCUT2D eigenvalue weighted by molar-refractivity contribution is -0.133. The van der Waals surface area contributed by atoms with Crippen LogP contribution in [0.3, 0.4) is 0 Å². The molecule has 0 N–H and O–H groups in total. The van der Waals surface area contributed by atoms with Gasteiger partial charge in [0.25, 0.3) is 0 Å². The van der Waals surface area contributed by atoms with Crippen molar-refractivity contribution in [2.45, 2.75) is 26.9 Å². The van der Waals surface area contributed by atoms with Crippen molar-refractivity contribution in [3.63, 3.8) is 0 Å². The summed E-state index contributed by atoms with van der Waals surface area (Å²) in [5.74, 6) is 0.536. The normalized spacial score (nSPS) is 15.2. The Morgan fingerprint density at radius 1 is 1.09 bits per heavy atom. The van der Waals surface area contributed by atoms with Crippen LogP contribution in [0.25, 0.3) is 0 Å². The maximum atomic E-state index is 13.3. The van der Waals surface area contributed by atoms with Crippen LogP contribution in [-0.2, 0) is 32.6 Å². The van der Waals surface area contributed by atoms with Gasteiger partial charge in [-0.1, -0.05) is 12.1 Å². The van der Waals surface area contributed by atoms with Crippen molar-refractivity contribution in [2.75, 3.05) is 51.7 Å². The van der Waals surface area contributed by atoms with Gasteiger partial charge >= 0.3 is 0 Å². The van der Waals surface area contributed by atoms with Crippen LogP contribution in [0, 0.1) is 12.7 Å². The summed E-state index contributed by atoms with van der Waals surface area (Å²) in [6.07, 6.45) is 0. The Labute approximate surface area is 195 Å². The van der Waals surface area contributed by atoms with Gasteiger partial charge in [0.2, 0.25) is 15.9 Å². The first-order valence-corrected chi connectivity index (χ1v) is 12.7. The lowest BCUT2D eigenvalue weighted by atomic mass is 10.2. The van der Waals surface area contributed by atoms with Crippen molar-refractivity contribution in [1.82, 2.24) is 14.1 Å². The number of carbonyl (C=O) groups is 1. The zero-order valence-corrected chi connectivity index (χ0v) is 20.0. The molecule has 0 saturated carbocycles. The topological polar surface area (TPSA) is 83.3 Å². The van der Waals surface area contributed by atoms with Gasteiger partial charge in [-0.05, 0) is 43.7 Å². The van der Waals surface area contributed by atoms with E-state index in [1.54, 1.807) is 30.0 Å². The van der Waals surface area contributed by atoms with Crippen LogP contribution in [0.4, 0.5) is 4.39 Å². The van der Waals surface area contributed by atoms with Gasteiger partial charge in [-0.15, -0.1) is 0 Å². The molecule has 182 valence electrons. The first-order chi connectivity index (χ1) is 15.8. The van der Waals surface area contributed by atoms with Crippen molar-refractivity contribution >= 4 is 15.9 Å². The van der Waals surface area contributed by atoms with Crippen molar-refractivity contribution in [3.05, 3.63) is 59.3 Å². The summed E-state index contributed by atoms with van der Waals surface area (Å²) in [6.45, 7) is 7.00. The molecule has 2 heterocycles. The number of hydrogen-bond donors (Lipinski definition) is 0. The highest BCUT2D eigenvalue weighted by Crippen LogP contribution is 2.15. The Bertz CT molecular complexity index is 1000. The number of hydrogen-bond acceptors (Lipinski definition) is 6. The summed E-state index contributed by atoms with van der Waals surface area (Å²) in [5, 5.41) is 0. The standard InChI is InChI=1S/C23H32FN3O5S/c1-3-33(29,30)27(11-10-25-12-14-31-15-13-25)18-23(28)26(17-22-9-4-19(2)32-22)16-20-5-7-21(24)8-6-20/h4-9H,3,10-18H2,1-2H3. The van der Waals surface area contributed by atoms with Gasteiger partial charge in [-0.25, -0.2) is 12.8 Å². The minimum atomic E-state index is -3.58. The molecule has 0 bridgehead atoms. The molecule has 10 heteroatoms. The molecule has 1 saturated heterocycles. The SMILES string of the molecule is CCS(=O)(=O)N(CCN1CCOCC1)CC(=O)N(Cc1ccc(F)cc1)Cc1ccc(C)o1. The Morgan fingerprint density at radius 3 is 2.39 bits per heavy atom. The highest BCUT2D eigenvalue weighted by Gasteiger charge is 2.27. The fraction of sp³-hybridized carbons (Fsp3) is 0.522. The summed E-state index contributed by atoms with van der Waals surface area (Å²) in [7, 11) is -3.58. The van der Waals surface area contributed by atoms with E-state index in [9.17, 15) is 17.6 Å². The molecule has 1 amide bonds. The molecule has 1 aliphatic rings. The highest BCUT2D eigenvalue weighted by atomic mass is 32.2. The van der Waals surface area contributed by atoms with E-state index in [2.05, 4.69) is 4.90 Å². The second-order valence-corrected chi connectivity index (χ2v) is 10.3. The Kier molecular flexibility index (Phi) is 9.02. The summed E-state index contributed by atoms with van der Waals surface area (Å²) in [5.41, 5.74) is 0.742. The highest BCUT2D eigenvalue weighted by molar-refractivity contribution is 7.89. The second-order valence-electron chi connectivity index (χ2n) is 8.08. The smallest absolute Gasteiger partial charge is 0.238 e. The first kappa shape index (κ1) is 25.4. The van der Waals surface area contributed by atoms with Gasteiger partial charge in [0.15, 0.2) is 0 Å². The zero-order chi connectivity index (χ0) is 23.8. The molecule has 1 aliphatic heterocycles. The van der Waals surface area contributed by atoms with E-state index >= 15 is 0 Å². The van der Waals surface area contributed by atoms with Crippen LogP contribution in [0.15, 0.2) is 40.8 Å². The second kappa shape index (κ2) is 11.7. The van der Waals surface area contributed by atoms with Gasteiger partial charge in [0, 0.05) is 32.7 Å². The van der Waals surface area contributed by atoms with E-state index in [0.717, 1.165) is 24.4 Å². The van der Waals surface area contributed by atoms with Gasteiger partial charge in [-0.2, -0.15) is 4.31 Å². The van der Waals surface area contributed by atoms with Crippen molar-refractivity contribution < 1.29 is 26.8 Å². The lowest BCUT2D eigenvalue weighted by Crippen LogP contribution is -2.47. The summed E-state index contributed by atoms with van der Waals surface area (Å²) >= 11 is 0. The number of morpholine rings is 1. The minimum absolute atomic E-state index is 0.0846. The molecule has 0 unspecified atom stereocenters. The molecule has 33 heavy (non-hydrogen) atoms. The van der Waals surface area contributed by atoms with Crippen LogP contribution in [0.1, 0.15) is 24.0 Å². The number of aryl methyl sites for hydroxylation is 1. The summed E-state index contributed by atoms with van der Waals surface area (Å²) < 4.78 is 51.1. The first-order valence-electron chi connectivity index (χ1n) is 11.1. The molecule has 3 rings (SSSR count). The summed E-state index contributed by atoms with van der Waals surface area (Å²) in [6, 6.07) is 9.51. The third kappa shape index (κ3) is 7.63. The molecule has 8 nitrogen and oxygen atoms in total. The number of furan rings is 1. The van der Waals surface area contributed by atoms with Gasteiger partial charge in [0.05, 0.1) is 32.1 Å². The van der Waals surface area contributed by atoms with Gasteiger partial charge in [-0.3, -0.25) is 9.69 Å². The van der Waals surface area contributed by atoms with Gasteiger partial charge < -0.3 is 14.1 Å². The number of rotatable bonds is 11. The van der Waals surface area contributed by atoms with Crippen LogP contribution in [-0.4, -0.2) is 80.1 Å². The van der Waals surface area contributed by atoms with Crippen LogP contribution in [0.5, 0.6) is 0 Å². The molecule has 0 atom stereocenters. The maximum absolute atomic E-state index is 13.3. The van der Waals surface area contributed by atoms with E-state index in [4.69, 9.17) is 9.15 Å². The lowest BCUT2D eigenvalue weighted by Gasteiger charge is -2.30. The van der Waals surface area contributed by atoms with Crippen LogP contribution < -0.4 is 0 Å². The predicted octanol–water partition coefficient (Wildman–Crippen LogP) is 2.24. The van der Waals surface area contributed by atoms with E-state index < -0.39 is 10.0 Å². The number of nitrogens with zero attached hydrogens (tertiary/aromatic N) is 3. The maximum Gasteiger partial charge on any atom is 0.238 e. The van der Waals surface area contributed by atoms with Crippen molar-refractivity contribution in [2.24, 2.45) is 0 Å². The Hall–Kier alpha value is -2.27. The van der Waals surface area contributed by atoms with Crippen molar-refractivity contribution in [1.29, 1.82) is 0 Å². The largest absolute Gasteiger partial charge is 0.464 e. The molecule has 0 aliphatic carbocycles. The molecule has 1 fully saturated rings. The predicted molar refractivity (Wildman–Crippen MR) is 122 cm³/mol. The fourth-order valence-electron chi connectivity index (χ4n) is 3.63. The third-order valence-electron chi connectivity index (χ3n) is 5.62. The van der Waals surface area contributed by atoms with Gasteiger partial charge in [0.1, 0.15) is 17.3 Å². The Balaban J connectivity index is 1.74. The number of ether oxygens (including phenoxy) is 1. The Morgan fingerprint density at radius 2 is 1.79 bits per heavy atom. The average Bonchev–Trinajstić information content (AvgIpc) is 3.22. The van der Waals surface area contributed by atoms with Crippen LogP contribution in [0.2, 0.25) is 0 Å². The number of carbonyl (C=O) groups excluding carboxylic acids is 1. The molecule has 2 aromatic rings. The number of halogens is 1. The zero-order valence-electron chi connectivity index (χ0n) is 19.2. The number of sulfonamides is 1. The van der Waals surface area contributed by atoms with Crippen molar-refractivity contribution in [3.8, 4) is 0 Å². The third-order valence-corrected chi connectivity index (χ3v) is 7.45. The average molecular weight is 482 g/mol. The quantitative estimate of drug-likeness (QED) is 0.490. The monoisotopic (exact) mass is 481 g/mol. The summed E-state index contributed by atoms with van der Waals surface area (Å²) in [4.78, 5) is 17.0. The van der Waals surface area contributed by atoms with E-state index in [-0.39, 0.29) is 43.7 Å². The molecule has 0 spiro atoms. The molecular weight excluding hydrogens is 449 g/mol. The van der Waals surface area contributed by atoms with E-state index in [1.807, 2.05) is 13.0 Å². The molecule has 1 aromatic heterocycles.